The van der Waals surface area contributed by atoms with Crippen molar-refractivity contribution in [2.24, 2.45) is 0 Å². The second-order valence-electron chi connectivity index (χ2n) is 4.71. The van der Waals surface area contributed by atoms with Gasteiger partial charge in [-0.25, -0.2) is 4.79 Å². The number of rotatable bonds is 7. The normalized spacial score (nSPS) is 11.8. The first kappa shape index (κ1) is 18.1. The van der Waals surface area contributed by atoms with E-state index < -0.39 is 30.1 Å². The summed E-state index contributed by atoms with van der Waals surface area (Å²) < 4.78 is 4.89. The molecule has 0 radical (unpaired) electrons. The molecule has 0 spiro atoms. The Hall–Kier alpha value is -2.00. The number of hydrogen-bond donors (Lipinski definition) is 4. The molecule has 4 N–H and O–H groups in total. The topological polar surface area (TPSA) is 147 Å². The SMILES string of the molecule is CCCC(OC(=O)c1ccc(C(=O)[O-])cc1)(C(O)O)C(O)O. The lowest BCUT2D eigenvalue weighted by molar-refractivity contribution is -0.275. The minimum atomic E-state index is -2.31. The summed E-state index contributed by atoms with van der Waals surface area (Å²) >= 11 is 0. The van der Waals surface area contributed by atoms with Crippen LogP contribution in [-0.4, -0.2) is 50.5 Å². The molecule has 0 aliphatic heterocycles. The van der Waals surface area contributed by atoms with Gasteiger partial charge in [0.2, 0.25) is 5.60 Å². The largest absolute Gasteiger partial charge is 0.545 e. The molecule has 1 aromatic carbocycles. The van der Waals surface area contributed by atoms with Crippen LogP contribution in [0.1, 0.15) is 40.5 Å². The van der Waals surface area contributed by atoms with E-state index in [4.69, 9.17) is 4.74 Å². The van der Waals surface area contributed by atoms with Crippen molar-refractivity contribution in [1.29, 1.82) is 0 Å². The van der Waals surface area contributed by atoms with Crippen LogP contribution in [0.15, 0.2) is 24.3 Å². The Morgan fingerprint density at radius 1 is 1.09 bits per heavy atom. The molecule has 1 aromatic rings. The van der Waals surface area contributed by atoms with Crippen LogP contribution in [0.25, 0.3) is 0 Å². The van der Waals surface area contributed by atoms with Gasteiger partial charge in [0.1, 0.15) is 0 Å². The predicted octanol–water partition coefficient (Wildman–Crippen LogP) is -1.63. The number of benzene rings is 1. The molecule has 0 aliphatic rings. The highest BCUT2D eigenvalue weighted by Gasteiger charge is 2.47. The van der Waals surface area contributed by atoms with Crippen molar-refractivity contribution in [3.63, 3.8) is 0 Å². The van der Waals surface area contributed by atoms with E-state index in [1.165, 1.54) is 0 Å². The number of aliphatic hydroxyl groups is 4. The van der Waals surface area contributed by atoms with E-state index in [0.717, 1.165) is 24.3 Å². The summed E-state index contributed by atoms with van der Waals surface area (Å²) in [6.07, 6.45) is -4.53. The molecule has 0 saturated carbocycles. The zero-order valence-electron chi connectivity index (χ0n) is 11.8. The first-order valence-corrected chi connectivity index (χ1v) is 6.51. The quantitative estimate of drug-likeness (QED) is 0.346. The lowest BCUT2D eigenvalue weighted by Crippen LogP contribution is -2.55. The molecule has 1 rings (SSSR count). The van der Waals surface area contributed by atoms with Crippen LogP contribution in [0.5, 0.6) is 0 Å². The summed E-state index contributed by atoms with van der Waals surface area (Å²) in [5, 5.41) is 48.0. The molecule has 122 valence electrons. The molecular formula is C14H17O8-. The van der Waals surface area contributed by atoms with E-state index in [0.29, 0.717) is 0 Å². The summed E-state index contributed by atoms with van der Waals surface area (Å²) in [7, 11) is 0. The molecule has 0 bridgehead atoms. The van der Waals surface area contributed by atoms with Crippen LogP contribution in [0.2, 0.25) is 0 Å². The maximum absolute atomic E-state index is 12.0. The predicted molar refractivity (Wildman–Crippen MR) is 70.3 cm³/mol. The number of ether oxygens (including phenoxy) is 1. The maximum Gasteiger partial charge on any atom is 0.339 e. The Kier molecular flexibility index (Phi) is 6.01. The summed E-state index contributed by atoms with van der Waals surface area (Å²) in [5.41, 5.74) is -2.54. The van der Waals surface area contributed by atoms with Crippen molar-refractivity contribution in [2.75, 3.05) is 0 Å². The second-order valence-corrected chi connectivity index (χ2v) is 4.71. The van der Waals surface area contributed by atoms with Gasteiger partial charge in [0.15, 0.2) is 12.6 Å². The third-order valence-electron chi connectivity index (χ3n) is 3.15. The Morgan fingerprint density at radius 3 is 1.91 bits per heavy atom. The van der Waals surface area contributed by atoms with E-state index in [9.17, 15) is 35.1 Å². The van der Waals surface area contributed by atoms with E-state index in [-0.39, 0.29) is 24.0 Å². The van der Waals surface area contributed by atoms with Gasteiger partial charge in [0.25, 0.3) is 0 Å². The molecule has 0 aliphatic carbocycles. The van der Waals surface area contributed by atoms with Gasteiger partial charge in [-0.05, 0) is 24.1 Å². The Morgan fingerprint density at radius 2 is 1.55 bits per heavy atom. The number of aromatic carboxylic acids is 1. The van der Waals surface area contributed by atoms with Crippen LogP contribution in [-0.2, 0) is 4.74 Å². The highest BCUT2D eigenvalue weighted by atomic mass is 16.6. The number of esters is 1. The number of hydrogen-bond acceptors (Lipinski definition) is 8. The zero-order chi connectivity index (χ0) is 16.9. The van der Waals surface area contributed by atoms with E-state index in [1.54, 1.807) is 6.92 Å². The number of carbonyl (C=O) groups excluding carboxylic acids is 2. The minimum Gasteiger partial charge on any atom is -0.545 e. The summed E-state index contributed by atoms with van der Waals surface area (Å²) in [5.74, 6) is -2.48. The first-order chi connectivity index (χ1) is 10.2. The van der Waals surface area contributed by atoms with E-state index in [1.807, 2.05) is 0 Å². The van der Waals surface area contributed by atoms with Gasteiger partial charge in [-0.3, -0.25) is 0 Å². The van der Waals surface area contributed by atoms with Crippen LogP contribution in [0, 0.1) is 0 Å². The third-order valence-corrected chi connectivity index (χ3v) is 3.15. The monoisotopic (exact) mass is 313 g/mol. The number of carboxylic acids is 1. The lowest BCUT2D eigenvalue weighted by Gasteiger charge is -2.35. The van der Waals surface area contributed by atoms with Gasteiger partial charge in [-0.1, -0.05) is 25.5 Å². The second kappa shape index (κ2) is 7.32. The average molecular weight is 313 g/mol. The fourth-order valence-corrected chi connectivity index (χ4v) is 1.91. The summed E-state index contributed by atoms with van der Waals surface area (Å²) in [6.45, 7) is 1.63. The molecule has 8 nitrogen and oxygen atoms in total. The van der Waals surface area contributed by atoms with E-state index >= 15 is 0 Å². The fourth-order valence-electron chi connectivity index (χ4n) is 1.91. The minimum absolute atomic E-state index is 0.0909. The Balaban J connectivity index is 3.02. The van der Waals surface area contributed by atoms with Crippen molar-refractivity contribution in [1.82, 2.24) is 0 Å². The van der Waals surface area contributed by atoms with Gasteiger partial charge >= 0.3 is 5.97 Å². The van der Waals surface area contributed by atoms with Gasteiger partial charge in [0, 0.05) is 0 Å². The maximum atomic E-state index is 12.0. The van der Waals surface area contributed by atoms with Crippen molar-refractivity contribution in [3.8, 4) is 0 Å². The van der Waals surface area contributed by atoms with Gasteiger partial charge in [-0.2, -0.15) is 0 Å². The molecule has 0 unspecified atom stereocenters. The lowest BCUT2D eigenvalue weighted by atomic mass is 9.96. The molecular weight excluding hydrogens is 296 g/mol. The first-order valence-electron chi connectivity index (χ1n) is 6.51. The molecule has 0 amide bonds. The van der Waals surface area contributed by atoms with Gasteiger partial charge in [0.05, 0.1) is 11.5 Å². The Bertz CT molecular complexity index is 512. The number of aliphatic hydroxyl groups excluding tert-OH is 2. The zero-order valence-corrected chi connectivity index (χ0v) is 11.8. The molecule has 0 aromatic heterocycles. The van der Waals surface area contributed by atoms with Crippen LogP contribution >= 0.6 is 0 Å². The van der Waals surface area contributed by atoms with Crippen molar-refractivity contribution < 1.29 is 39.9 Å². The number of carboxylic acid groups (broad SMARTS) is 1. The van der Waals surface area contributed by atoms with E-state index in [2.05, 4.69) is 0 Å². The Labute approximate surface area is 126 Å². The molecule has 0 fully saturated rings. The standard InChI is InChI=1S/C14H18O8/c1-2-7-14(12(18)19,13(20)21)22-11(17)9-5-3-8(4-6-9)10(15)16/h3-6,12-13,18-21H,2,7H2,1H3,(H,15,16)/p-1. The molecule has 0 saturated heterocycles. The van der Waals surface area contributed by atoms with Crippen LogP contribution < -0.4 is 5.11 Å². The fraction of sp³-hybridized carbons (Fsp3) is 0.429. The van der Waals surface area contributed by atoms with Crippen molar-refractivity contribution in [2.45, 2.75) is 37.9 Å². The van der Waals surface area contributed by atoms with Crippen LogP contribution in [0.3, 0.4) is 0 Å². The summed E-state index contributed by atoms with van der Waals surface area (Å²) in [6, 6.07) is 4.49. The van der Waals surface area contributed by atoms with Crippen molar-refractivity contribution in [3.05, 3.63) is 35.4 Å². The molecule has 0 atom stereocenters. The van der Waals surface area contributed by atoms with Crippen molar-refractivity contribution >= 4 is 11.9 Å². The highest BCUT2D eigenvalue weighted by Crippen LogP contribution is 2.27. The molecule has 8 heteroatoms. The molecule has 0 heterocycles. The summed E-state index contributed by atoms with van der Waals surface area (Å²) in [4.78, 5) is 22.6. The number of carbonyl (C=O) groups is 2. The highest BCUT2D eigenvalue weighted by molar-refractivity contribution is 5.92. The van der Waals surface area contributed by atoms with Gasteiger partial charge in [-0.15, -0.1) is 0 Å². The average Bonchev–Trinajstić information content (AvgIpc) is 2.46. The smallest absolute Gasteiger partial charge is 0.339 e. The third kappa shape index (κ3) is 3.80. The van der Waals surface area contributed by atoms with Gasteiger partial charge < -0.3 is 35.1 Å². The molecule has 22 heavy (non-hydrogen) atoms. The van der Waals surface area contributed by atoms with Crippen LogP contribution in [0.4, 0.5) is 0 Å².